The van der Waals surface area contributed by atoms with Crippen molar-refractivity contribution in [3.8, 4) is 5.75 Å². The second-order valence-electron chi connectivity index (χ2n) is 5.94. The first kappa shape index (κ1) is 19.5. The van der Waals surface area contributed by atoms with Gasteiger partial charge in [0.05, 0.1) is 6.04 Å². The molecular formula is C18H14BrF4NO3. The Morgan fingerprint density at radius 2 is 1.89 bits per heavy atom. The van der Waals surface area contributed by atoms with Gasteiger partial charge in [0, 0.05) is 4.47 Å². The molecule has 144 valence electrons. The zero-order chi connectivity index (χ0) is 19.6. The number of carbonyl (C=O) groups excluding carboxylic acids is 1. The smallest absolute Gasteiger partial charge is 0.439 e. The number of ether oxygens (including phenoxy) is 2. The Kier molecular flexibility index (Phi) is 5.59. The van der Waals surface area contributed by atoms with Gasteiger partial charge in [0.25, 0.3) is 0 Å². The van der Waals surface area contributed by atoms with Crippen molar-refractivity contribution in [1.29, 1.82) is 0 Å². The van der Waals surface area contributed by atoms with Crippen LogP contribution in [0.4, 0.5) is 22.4 Å². The van der Waals surface area contributed by atoms with E-state index in [4.69, 9.17) is 4.74 Å². The highest BCUT2D eigenvalue weighted by molar-refractivity contribution is 9.10. The van der Waals surface area contributed by atoms with E-state index in [1.807, 2.05) is 0 Å². The van der Waals surface area contributed by atoms with Crippen LogP contribution in [-0.2, 0) is 11.2 Å². The molecule has 2 aromatic carbocycles. The first-order chi connectivity index (χ1) is 12.7. The quantitative estimate of drug-likeness (QED) is 0.628. The lowest BCUT2D eigenvalue weighted by Crippen LogP contribution is -2.33. The number of alkyl halides is 4. The first-order valence-electron chi connectivity index (χ1n) is 7.91. The normalized spacial score (nSPS) is 19.7. The van der Waals surface area contributed by atoms with Crippen LogP contribution in [0, 0.1) is 0 Å². The predicted octanol–water partition coefficient (Wildman–Crippen LogP) is 5.08. The second-order valence-corrected chi connectivity index (χ2v) is 6.86. The lowest BCUT2D eigenvalue weighted by molar-refractivity contribution is -0.253. The zero-order valence-corrected chi connectivity index (χ0v) is 15.3. The molecular weight excluding hydrogens is 434 g/mol. The van der Waals surface area contributed by atoms with Crippen LogP contribution in [0.2, 0.25) is 0 Å². The number of rotatable bonds is 6. The van der Waals surface area contributed by atoms with Crippen LogP contribution in [0.3, 0.4) is 0 Å². The summed E-state index contributed by atoms with van der Waals surface area (Å²) in [7, 11) is 0. The van der Waals surface area contributed by atoms with Crippen LogP contribution in [0.1, 0.15) is 17.2 Å². The summed E-state index contributed by atoms with van der Waals surface area (Å²) in [4.78, 5) is 11.7. The fourth-order valence-electron chi connectivity index (χ4n) is 2.76. The van der Waals surface area contributed by atoms with Gasteiger partial charge in [-0.05, 0) is 41.8 Å². The molecule has 1 heterocycles. The van der Waals surface area contributed by atoms with Gasteiger partial charge in [-0.3, -0.25) is 0 Å². The van der Waals surface area contributed by atoms with Gasteiger partial charge in [-0.15, -0.1) is 0 Å². The molecule has 0 bridgehead atoms. The highest BCUT2D eigenvalue weighted by Gasteiger charge is 2.44. The SMILES string of the molecule is O=C1NC(Cc2cccc(OC(F)(F)C(F)F)c2)C(c2ccc(Br)cc2)O1. The molecule has 1 aliphatic rings. The van der Waals surface area contributed by atoms with E-state index < -0.39 is 30.8 Å². The Hall–Kier alpha value is -2.29. The summed E-state index contributed by atoms with van der Waals surface area (Å²) >= 11 is 3.32. The van der Waals surface area contributed by atoms with Gasteiger partial charge in [0.2, 0.25) is 0 Å². The summed E-state index contributed by atoms with van der Waals surface area (Å²) in [5.41, 5.74) is 1.29. The summed E-state index contributed by atoms with van der Waals surface area (Å²) < 4.78 is 61.0. The third kappa shape index (κ3) is 4.71. The number of hydrogen-bond donors (Lipinski definition) is 1. The van der Waals surface area contributed by atoms with Gasteiger partial charge in [0.15, 0.2) is 0 Å². The maximum Gasteiger partial charge on any atom is 0.461 e. The predicted molar refractivity (Wildman–Crippen MR) is 92.0 cm³/mol. The second kappa shape index (κ2) is 7.75. The topological polar surface area (TPSA) is 47.6 Å². The van der Waals surface area contributed by atoms with E-state index in [0.717, 1.165) is 16.1 Å². The number of carbonyl (C=O) groups is 1. The summed E-state index contributed by atoms with van der Waals surface area (Å²) in [6, 6.07) is 12.2. The maximum absolute atomic E-state index is 13.1. The molecule has 1 aliphatic heterocycles. The van der Waals surface area contributed by atoms with E-state index in [-0.39, 0.29) is 12.2 Å². The molecule has 1 fully saturated rings. The molecule has 0 aliphatic carbocycles. The monoisotopic (exact) mass is 447 g/mol. The van der Waals surface area contributed by atoms with E-state index in [2.05, 4.69) is 26.0 Å². The standard InChI is InChI=1S/C18H14BrF4NO3/c19-12-6-4-11(5-7-12)15-14(24-17(25)26-15)9-10-2-1-3-13(8-10)27-18(22,23)16(20)21/h1-8,14-16H,9H2,(H,24,25). The molecule has 0 spiro atoms. The fraction of sp³-hybridized carbons (Fsp3) is 0.278. The Morgan fingerprint density at radius 3 is 2.56 bits per heavy atom. The molecule has 4 nitrogen and oxygen atoms in total. The Balaban J connectivity index is 1.76. The largest absolute Gasteiger partial charge is 0.461 e. The molecule has 2 aromatic rings. The molecule has 27 heavy (non-hydrogen) atoms. The van der Waals surface area contributed by atoms with Gasteiger partial charge in [-0.1, -0.05) is 40.2 Å². The number of nitrogens with one attached hydrogen (secondary N) is 1. The van der Waals surface area contributed by atoms with Crippen molar-refractivity contribution >= 4 is 22.0 Å². The van der Waals surface area contributed by atoms with Gasteiger partial charge in [-0.25, -0.2) is 4.79 Å². The van der Waals surface area contributed by atoms with Crippen LogP contribution in [0.15, 0.2) is 53.0 Å². The third-order valence-electron chi connectivity index (χ3n) is 3.96. The van der Waals surface area contributed by atoms with Gasteiger partial charge < -0.3 is 14.8 Å². The Morgan fingerprint density at radius 1 is 1.19 bits per heavy atom. The molecule has 1 saturated heterocycles. The summed E-state index contributed by atoms with van der Waals surface area (Å²) in [6.45, 7) is 0. The van der Waals surface area contributed by atoms with Gasteiger partial charge in [0.1, 0.15) is 11.9 Å². The number of alkyl carbamates (subject to hydrolysis) is 1. The van der Waals surface area contributed by atoms with Crippen molar-refractivity contribution in [2.24, 2.45) is 0 Å². The number of hydrogen-bond acceptors (Lipinski definition) is 3. The molecule has 1 amide bonds. The lowest BCUT2D eigenvalue weighted by atomic mass is 9.97. The van der Waals surface area contributed by atoms with Crippen molar-refractivity contribution < 1.29 is 31.8 Å². The number of benzene rings is 2. The molecule has 0 aromatic heterocycles. The van der Waals surface area contributed by atoms with E-state index in [1.54, 1.807) is 30.3 Å². The molecule has 1 N–H and O–H groups in total. The summed E-state index contributed by atoms with van der Waals surface area (Å²) in [5, 5.41) is 2.67. The Bertz CT molecular complexity index is 817. The number of amides is 1. The van der Waals surface area contributed by atoms with Crippen LogP contribution in [0.25, 0.3) is 0 Å². The third-order valence-corrected chi connectivity index (χ3v) is 4.49. The minimum Gasteiger partial charge on any atom is -0.439 e. The van der Waals surface area contributed by atoms with Crippen molar-refractivity contribution in [3.63, 3.8) is 0 Å². The minimum absolute atomic E-state index is 0.240. The average Bonchev–Trinajstić information content (AvgIpc) is 2.95. The van der Waals surface area contributed by atoms with E-state index in [9.17, 15) is 22.4 Å². The molecule has 0 saturated carbocycles. The van der Waals surface area contributed by atoms with Crippen LogP contribution >= 0.6 is 15.9 Å². The highest BCUT2D eigenvalue weighted by atomic mass is 79.9. The molecule has 2 atom stereocenters. The van der Waals surface area contributed by atoms with Crippen molar-refractivity contribution in [1.82, 2.24) is 5.32 Å². The molecule has 3 rings (SSSR count). The fourth-order valence-corrected chi connectivity index (χ4v) is 3.03. The number of halogens is 5. The number of cyclic esters (lactones) is 1. The molecule has 0 radical (unpaired) electrons. The highest BCUT2D eigenvalue weighted by Crippen LogP contribution is 2.31. The van der Waals surface area contributed by atoms with Crippen molar-refractivity contribution in [2.75, 3.05) is 0 Å². The summed E-state index contributed by atoms with van der Waals surface area (Å²) in [5.74, 6) is -0.386. The van der Waals surface area contributed by atoms with Crippen LogP contribution in [-0.4, -0.2) is 24.7 Å². The zero-order valence-electron chi connectivity index (χ0n) is 13.7. The van der Waals surface area contributed by atoms with Crippen molar-refractivity contribution in [3.05, 3.63) is 64.1 Å². The van der Waals surface area contributed by atoms with Gasteiger partial charge >= 0.3 is 18.6 Å². The van der Waals surface area contributed by atoms with Gasteiger partial charge in [-0.2, -0.15) is 17.6 Å². The molecule has 9 heteroatoms. The maximum atomic E-state index is 13.1. The lowest BCUT2D eigenvalue weighted by Gasteiger charge is -2.19. The van der Waals surface area contributed by atoms with Crippen LogP contribution < -0.4 is 10.1 Å². The van der Waals surface area contributed by atoms with Crippen molar-refractivity contribution in [2.45, 2.75) is 31.1 Å². The minimum atomic E-state index is -4.58. The van der Waals surface area contributed by atoms with E-state index in [1.165, 1.54) is 12.1 Å². The van der Waals surface area contributed by atoms with E-state index >= 15 is 0 Å². The average molecular weight is 448 g/mol. The van der Waals surface area contributed by atoms with E-state index in [0.29, 0.717) is 5.56 Å². The first-order valence-corrected chi connectivity index (χ1v) is 8.70. The Labute approximate surface area is 160 Å². The van der Waals surface area contributed by atoms with Crippen LogP contribution in [0.5, 0.6) is 5.75 Å². The summed E-state index contributed by atoms with van der Waals surface area (Å²) in [6.07, 6.45) is -9.44. The molecule has 2 unspecified atom stereocenters.